The zero-order valence-electron chi connectivity index (χ0n) is 10.1. The lowest BCUT2D eigenvalue weighted by molar-refractivity contribution is 0.0594. The van der Waals surface area contributed by atoms with E-state index in [-0.39, 0.29) is 16.0 Å². The predicted octanol–water partition coefficient (Wildman–Crippen LogP) is 0.452. The number of hydrogen-bond acceptors (Lipinski definition) is 6. The van der Waals surface area contributed by atoms with Gasteiger partial charge in [0, 0.05) is 0 Å². The third-order valence-electron chi connectivity index (χ3n) is 2.94. The Morgan fingerprint density at radius 2 is 2.16 bits per heavy atom. The molecule has 19 heavy (non-hydrogen) atoms. The highest BCUT2D eigenvalue weighted by molar-refractivity contribution is 7.92. The molecule has 100 valence electrons. The summed E-state index contributed by atoms with van der Waals surface area (Å²) in [6.45, 7) is 0. The number of rotatable bonds is 3. The number of aromatic nitrogens is 3. The standard InChI is InChI=1S/C11H11N3O4S/c1-18-11(15)8-6-14-9(12-8)4-5-10(13-14)19(16,17)7-2-3-7/h4-7H,2-3H2,1H3. The van der Waals surface area contributed by atoms with Gasteiger partial charge in [0.05, 0.1) is 18.6 Å². The van der Waals surface area contributed by atoms with Crippen LogP contribution >= 0.6 is 0 Å². The van der Waals surface area contributed by atoms with Crippen molar-refractivity contribution < 1.29 is 17.9 Å². The largest absolute Gasteiger partial charge is 0.464 e. The quantitative estimate of drug-likeness (QED) is 0.759. The normalized spacial score (nSPS) is 15.6. The van der Waals surface area contributed by atoms with Gasteiger partial charge < -0.3 is 4.74 Å². The molecule has 0 atom stereocenters. The number of methoxy groups -OCH3 is 1. The summed E-state index contributed by atoms with van der Waals surface area (Å²) in [4.78, 5) is 15.3. The van der Waals surface area contributed by atoms with Gasteiger partial charge in [-0.2, -0.15) is 5.10 Å². The van der Waals surface area contributed by atoms with Crippen molar-refractivity contribution in [2.75, 3.05) is 7.11 Å². The lowest BCUT2D eigenvalue weighted by Gasteiger charge is -2.01. The van der Waals surface area contributed by atoms with Gasteiger partial charge in [0.2, 0.25) is 0 Å². The zero-order chi connectivity index (χ0) is 13.6. The molecule has 0 bridgehead atoms. The summed E-state index contributed by atoms with van der Waals surface area (Å²) in [5.74, 6) is -0.586. The molecule has 0 N–H and O–H groups in total. The maximum atomic E-state index is 12.0. The van der Waals surface area contributed by atoms with E-state index < -0.39 is 15.8 Å². The summed E-state index contributed by atoms with van der Waals surface area (Å²) in [7, 11) is -2.10. The number of imidazole rings is 1. The molecule has 0 aliphatic heterocycles. The van der Waals surface area contributed by atoms with Gasteiger partial charge in [0.25, 0.3) is 0 Å². The average Bonchev–Trinajstić information content (AvgIpc) is 3.17. The van der Waals surface area contributed by atoms with E-state index in [0.29, 0.717) is 18.5 Å². The molecule has 0 saturated heterocycles. The maximum Gasteiger partial charge on any atom is 0.358 e. The average molecular weight is 281 g/mol. The summed E-state index contributed by atoms with van der Waals surface area (Å²) in [5, 5.41) is 3.70. The molecule has 2 aromatic heterocycles. The molecule has 0 unspecified atom stereocenters. The molecular formula is C11H11N3O4S. The van der Waals surface area contributed by atoms with Crippen LogP contribution in [0.3, 0.4) is 0 Å². The topological polar surface area (TPSA) is 90.6 Å². The second-order valence-electron chi connectivity index (χ2n) is 4.34. The Morgan fingerprint density at radius 3 is 2.79 bits per heavy atom. The highest BCUT2D eigenvalue weighted by Crippen LogP contribution is 2.32. The number of sulfone groups is 1. The number of carbonyl (C=O) groups excluding carboxylic acids is 1. The van der Waals surface area contributed by atoms with Gasteiger partial charge in [-0.25, -0.2) is 22.7 Å². The molecule has 2 aromatic rings. The van der Waals surface area contributed by atoms with Crippen molar-refractivity contribution in [2.24, 2.45) is 0 Å². The van der Waals surface area contributed by atoms with Crippen LogP contribution in [-0.2, 0) is 14.6 Å². The summed E-state index contributed by atoms with van der Waals surface area (Å²) >= 11 is 0. The van der Waals surface area contributed by atoms with Crippen LogP contribution in [0.2, 0.25) is 0 Å². The third-order valence-corrected chi connectivity index (χ3v) is 5.09. The number of ether oxygens (including phenoxy) is 1. The van der Waals surface area contributed by atoms with Crippen LogP contribution in [0.25, 0.3) is 5.65 Å². The Bertz CT molecular complexity index is 761. The molecule has 1 fully saturated rings. The molecule has 2 heterocycles. The first-order valence-corrected chi connectivity index (χ1v) is 7.25. The Morgan fingerprint density at radius 1 is 1.42 bits per heavy atom. The first kappa shape index (κ1) is 12.1. The second kappa shape index (κ2) is 4.02. The highest BCUT2D eigenvalue weighted by Gasteiger charge is 2.38. The van der Waals surface area contributed by atoms with E-state index in [0.717, 1.165) is 0 Å². The van der Waals surface area contributed by atoms with Gasteiger partial charge in [-0.1, -0.05) is 0 Å². The fraction of sp³-hybridized carbons (Fsp3) is 0.364. The minimum absolute atomic E-state index is 0.0105. The van der Waals surface area contributed by atoms with Gasteiger partial charge in [0.1, 0.15) is 0 Å². The fourth-order valence-electron chi connectivity index (χ4n) is 1.77. The van der Waals surface area contributed by atoms with Crippen molar-refractivity contribution in [1.82, 2.24) is 14.6 Å². The van der Waals surface area contributed by atoms with E-state index in [1.54, 1.807) is 0 Å². The first-order valence-electron chi connectivity index (χ1n) is 5.71. The van der Waals surface area contributed by atoms with E-state index in [1.165, 1.54) is 30.0 Å². The van der Waals surface area contributed by atoms with Crippen molar-refractivity contribution >= 4 is 21.5 Å². The first-order chi connectivity index (χ1) is 9.02. The molecule has 0 amide bonds. The predicted molar refractivity (Wildman–Crippen MR) is 64.5 cm³/mol. The van der Waals surface area contributed by atoms with Crippen molar-refractivity contribution in [2.45, 2.75) is 23.1 Å². The molecule has 1 saturated carbocycles. The molecule has 1 aliphatic rings. The summed E-state index contributed by atoms with van der Waals surface area (Å²) < 4.78 is 29.9. The third kappa shape index (κ3) is 1.97. The zero-order valence-corrected chi connectivity index (χ0v) is 10.9. The van der Waals surface area contributed by atoms with Crippen LogP contribution in [0.15, 0.2) is 23.4 Å². The Kier molecular flexibility index (Phi) is 2.56. The summed E-state index contributed by atoms with van der Waals surface area (Å²) in [5.41, 5.74) is 0.492. The molecule has 7 nitrogen and oxygen atoms in total. The lowest BCUT2D eigenvalue weighted by atomic mass is 10.5. The van der Waals surface area contributed by atoms with Crippen molar-refractivity contribution in [3.05, 3.63) is 24.0 Å². The van der Waals surface area contributed by atoms with Gasteiger partial charge in [0.15, 0.2) is 26.2 Å². The lowest BCUT2D eigenvalue weighted by Crippen LogP contribution is -2.11. The number of hydrogen-bond donors (Lipinski definition) is 0. The Hall–Kier alpha value is -1.96. The monoisotopic (exact) mass is 281 g/mol. The number of carbonyl (C=O) groups is 1. The van der Waals surface area contributed by atoms with Gasteiger partial charge in [-0.3, -0.25) is 0 Å². The van der Waals surface area contributed by atoms with E-state index in [9.17, 15) is 13.2 Å². The Balaban J connectivity index is 2.08. The fourth-order valence-corrected chi connectivity index (χ4v) is 3.33. The molecule has 3 rings (SSSR count). The molecule has 0 aromatic carbocycles. The van der Waals surface area contributed by atoms with E-state index in [2.05, 4.69) is 14.8 Å². The van der Waals surface area contributed by atoms with Gasteiger partial charge in [-0.15, -0.1) is 0 Å². The maximum absolute atomic E-state index is 12.0. The summed E-state index contributed by atoms with van der Waals surface area (Å²) in [6.07, 6.45) is 2.71. The van der Waals surface area contributed by atoms with Crippen LogP contribution in [0.1, 0.15) is 23.3 Å². The minimum Gasteiger partial charge on any atom is -0.464 e. The molecule has 8 heteroatoms. The van der Waals surface area contributed by atoms with E-state index >= 15 is 0 Å². The number of esters is 1. The van der Waals surface area contributed by atoms with Gasteiger partial charge >= 0.3 is 5.97 Å². The van der Waals surface area contributed by atoms with Crippen LogP contribution in [0, 0.1) is 0 Å². The smallest absolute Gasteiger partial charge is 0.358 e. The number of fused-ring (bicyclic) bond motifs is 1. The minimum atomic E-state index is -3.35. The SMILES string of the molecule is COC(=O)c1cn2nc(S(=O)(=O)C3CC3)ccc2n1. The molecule has 0 spiro atoms. The summed E-state index contributed by atoms with van der Waals surface area (Å²) in [6, 6.07) is 2.94. The van der Waals surface area contributed by atoms with Gasteiger partial charge in [-0.05, 0) is 25.0 Å². The van der Waals surface area contributed by atoms with Crippen LogP contribution in [-0.4, -0.2) is 41.3 Å². The number of nitrogens with zero attached hydrogens (tertiary/aromatic N) is 3. The van der Waals surface area contributed by atoms with Crippen LogP contribution in [0.5, 0.6) is 0 Å². The van der Waals surface area contributed by atoms with E-state index in [4.69, 9.17) is 0 Å². The van der Waals surface area contributed by atoms with Crippen LogP contribution < -0.4 is 0 Å². The second-order valence-corrected chi connectivity index (χ2v) is 6.51. The van der Waals surface area contributed by atoms with Crippen molar-refractivity contribution in [3.63, 3.8) is 0 Å². The molecule has 1 aliphatic carbocycles. The molecular weight excluding hydrogens is 270 g/mol. The highest BCUT2D eigenvalue weighted by atomic mass is 32.2. The van der Waals surface area contributed by atoms with Crippen molar-refractivity contribution in [3.8, 4) is 0 Å². The van der Waals surface area contributed by atoms with Crippen LogP contribution in [0.4, 0.5) is 0 Å². The Labute approximate surface area is 109 Å². The molecule has 0 radical (unpaired) electrons. The van der Waals surface area contributed by atoms with E-state index in [1.807, 2.05) is 0 Å². The van der Waals surface area contributed by atoms with Crippen molar-refractivity contribution in [1.29, 1.82) is 0 Å².